The van der Waals surface area contributed by atoms with E-state index in [0.717, 1.165) is 6.42 Å². The Morgan fingerprint density at radius 3 is 2.95 bits per heavy atom. The number of amides is 2. The Hall–Kier alpha value is -2.16. The molecule has 9 nitrogen and oxygen atoms in total. The summed E-state index contributed by atoms with van der Waals surface area (Å²) in [5.41, 5.74) is 0.505. The Bertz CT molecular complexity index is 448. The van der Waals surface area contributed by atoms with E-state index in [9.17, 15) is 9.59 Å². The van der Waals surface area contributed by atoms with Gasteiger partial charge >= 0.3 is 12.0 Å². The third-order valence-corrected chi connectivity index (χ3v) is 2.49. The summed E-state index contributed by atoms with van der Waals surface area (Å²) < 4.78 is 6.11. The topological polar surface area (TPSA) is 110 Å². The van der Waals surface area contributed by atoms with E-state index < -0.39 is 5.97 Å². The van der Waals surface area contributed by atoms with Gasteiger partial charge in [0.1, 0.15) is 12.2 Å². The minimum atomic E-state index is -0.997. The molecule has 1 aromatic heterocycles. The van der Waals surface area contributed by atoms with E-state index in [0.29, 0.717) is 18.8 Å². The quantitative estimate of drug-likeness (QED) is 0.625. The van der Waals surface area contributed by atoms with E-state index in [4.69, 9.17) is 9.84 Å². The van der Waals surface area contributed by atoms with Crippen LogP contribution in [0.2, 0.25) is 0 Å². The highest BCUT2D eigenvalue weighted by molar-refractivity contribution is 5.73. The Balaban J connectivity index is 2.33. The maximum absolute atomic E-state index is 11.7. The Labute approximate surface area is 116 Å². The summed E-state index contributed by atoms with van der Waals surface area (Å²) in [6.07, 6.45) is 2.24. The van der Waals surface area contributed by atoms with Crippen LogP contribution in [-0.2, 0) is 22.6 Å². The van der Waals surface area contributed by atoms with Crippen LogP contribution in [0.4, 0.5) is 4.79 Å². The first-order valence-corrected chi connectivity index (χ1v) is 6.11. The van der Waals surface area contributed by atoms with Crippen molar-refractivity contribution in [2.24, 2.45) is 0 Å². The third kappa shape index (κ3) is 5.65. The van der Waals surface area contributed by atoms with E-state index in [1.54, 1.807) is 19.1 Å². The predicted octanol–water partition coefficient (Wildman–Crippen LogP) is -0.459. The number of carbonyl (C=O) groups is 2. The van der Waals surface area contributed by atoms with Crippen molar-refractivity contribution in [2.45, 2.75) is 19.5 Å². The molecule has 0 saturated heterocycles. The van der Waals surface area contributed by atoms with Crippen LogP contribution in [0.25, 0.3) is 0 Å². The summed E-state index contributed by atoms with van der Waals surface area (Å²) in [4.78, 5) is 23.7. The first-order chi connectivity index (χ1) is 9.52. The molecule has 0 aliphatic heterocycles. The fourth-order valence-corrected chi connectivity index (χ4v) is 1.48. The van der Waals surface area contributed by atoms with Gasteiger partial charge in [0, 0.05) is 27.3 Å². The molecule has 112 valence electrons. The fourth-order valence-electron chi connectivity index (χ4n) is 1.48. The number of carboxylic acid groups (broad SMARTS) is 1. The number of aliphatic carboxylic acids is 1. The second kappa shape index (κ2) is 8.10. The van der Waals surface area contributed by atoms with Crippen molar-refractivity contribution in [1.82, 2.24) is 25.2 Å². The normalized spacial score (nSPS) is 10.3. The van der Waals surface area contributed by atoms with Gasteiger partial charge in [-0.1, -0.05) is 5.21 Å². The van der Waals surface area contributed by atoms with Crippen LogP contribution in [0.15, 0.2) is 6.20 Å². The summed E-state index contributed by atoms with van der Waals surface area (Å²) in [6, 6.07) is -0.228. The molecule has 0 saturated carbocycles. The van der Waals surface area contributed by atoms with Crippen molar-refractivity contribution in [3.63, 3.8) is 0 Å². The molecule has 20 heavy (non-hydrogen) atoms. The van der Waals surface area contributed by atoms with Crippen LogP contribution < -0.4 is 5.32 Å². The van der Waals surface area contributed by atoms with Crippen molar-refractivity contribution in [2.75, 3.05) is 27.3 Å². The van der Waals surface area contributed by atoms with Crippen LogP contribution in [0.1, 0.15) is 12.1 Å². The molecule has 1 rings (SSSR count). The number of carboxylic acids is 1. The zero-order chi connectivity index (χ0) is 15.0. The molecule has 0 spiro atoms. The van der Waals surface area contributed by atoms with Crippen molar-refractivity contribution in [1.29, 1.82) is 0 Å². The van der Waals surface area contributed by atoms with Gasteiger partial charge in [-0.2, -0.15) is 0 Å². The van der Waals surface area contributed by atoms with Crippen molar-refractivity contribution in [3.8, 4) is 0 Å². The molecule has 0 fully saturated rings. The molecule has 0 aromatic carbocycles. The van der Waals surface area contributed by atoms with Crippen molar-refractivity contribution in [3.05, 3.63) is 11.9 Å². The van der Waals surface area contributed by atoms with Gasteiger partial charge in [0.25, 0.3) is 0 Å². The maximum Gasteiger partial charge on any atom is 0.325 e. The second-order valence-electron chi connectivity index (χ2n) is 4.23. The monoisotopic (exact) mass is 285 g/mol. The van der Waals surface area contributed by atoms with Crippen LogP contribution >= 0.6 is 0 Å². The first kappa shape index (κ1) is 15.9. The molecular formula is C11H19N5O4. The third-order valence-electron chi connectivity index (χ3n) is 2.49. The van der Waals surface area contributed by atoms with E-state index in [-0.39, 0.29) is 19.1 Å². The van der Waals surface area contributed by atoms with Gasteiger partial charge in [0.05, 0.1) is 12.7 Å². The zero-order valence-corrected chi connectivity index (χ0v) is 11.6. The lowest BCUT2D eigenvalue weighted by molar-refractivity contribution is -0.137. The number of carbonyl (C=O) groups excluding carboxylic acids is 1. The van der Waals surface area contributed by atoms with Gasteiger partial charge in [0.15, 0.2) is 0 Å². The Morgan fingerprint density at radius 2 is 2.30 bits per heavy atom. The summed E-state index contributed by atoms with van der Waals surface area (Å²) in [5.74, 6) is -0.997. The summed E-state index contributed by atoms with van der Waals surface area (Å²) >= 11 is 0. The average molecular weight is 285 g/mol. The minimum absolute atomic E-state index is 0.201. The van der Waals surface area contributed by atoms with E-state index in [2.05, 4.69) is 15.6 Å². The molecule has 1 heterocycles. The molecule has 0 radical (unpaired) electrons. The number of nitrogens with one attached hydrogen (secondary N) is 1. The number of methoxy groups -OCH3 is 1. The Kier molecular flexibility index (Phi) is 6.44. The number of rotatable bonds is 8. The van der Waals surface area contributed by atoms with Gasteiger partial charge in [-0.05, 0) is 6.42 Å². The van der Waals surface area contributed by atoms with Crippen LogP contribution in [0.3, 0.4) is 0 Å². The SMILES string of the molecule is COCCCN(C)C(=O)NCc1cn(CC(=O)O)nn1. The van der Waals surface area contributed by atoms with Gasteiger partial charge in [-0.3, -0.25) is 4.79 Å². The molecular weight excluding hydrogens is 266 g/mol. The highest BCUT2D eigenvalue weighted by Crippen LogP contribution is 1.95. The standard InChI is InChI=1S/C11H19N5O4/c1-15(4-3-5-20-2)11(19)12-6-9-7-16(14-13-9)8-10(17)18/h7H,3-6,8H2,1-2H3,(H,12,19)(H,17,18). The number of ether oxygens (including phenoxy) is 1. The van der Waals surface area contributed by atoms with Crippen molar-refractivity contribution >= 4 is 12.0 Å². The fraction of sp³-hybridized carbons (Fsp3) is 0.636. The molecule has 0 unspecified atom stereocenters. The number of hydrogen-bond acceptors (Lipinski definition) is 5. The molecule has 2 amide bonds. The molecule has 0 bridgehead atoms. The van der Waals surface area contributed by atoms with Gasteiger partial charge in [0.2, 0.25) is 0 Å². The smallest absolute Gasteiger partial charge is 0.325 e. The molecule has 2 N–H and O–H groups in total. The highest BCUT2D eigenvalue weighted by Gasteiger charge is 2.09. The lowest BCUT2D eigenvalue weighted by Gasteiger charge is -2.17. The van der Waals surface area contributed by atoms with Crippen LogP contribution in [0.5, 0.6) is 0 Å². The van der Waals surface area contributed by atoms with Crippen molar-refractivity contribution < 1.29 is 19.4 Å². The average Bonchev–Trinajstić information content (AvgIpc) is 2.82. The second-order valence-corrected chi connectivity index (χ2v) is 4.23. The van der Waals surface area contributed by atoms with Crippen LogP contribution in [0, 0.1) is 0 Å². The minimum Gasteiger partial charge on any atom is -0.480 e. The molecule has 1 aromatic rings. The lowest BCUT2D eigenvalue weighted by Crippen LogP contribution is -2.37. The number of urea groups is 1. The Morgan fingerprint density at radius 1 is 1.55 bits per heavy atom. The van der Waals surface area contributed by atoms with Crippen LogP contribution in [-0.4, -0.2) is 64.3 Å². The molecule has 9 heteroatoms. The number of aromatic nitrogens is 3. The largest absolute Gasteiger partial charge is 0.480 e. The number of nitrogens with zero attached hydrogens (tertiary/aromatic N) is 4. The van der Waals surface area contributed by atoms with E-state index >= 15 is 0 Å². The van der Waals surface area contributed by atoms with Gasteiger partial charge in [-0.25, -0.2) is 9.48 Å². The van der Waals surface area contributed by atoms with E-state index in [1.807, 2.05) is 0 Å². The summed E-state index contributed by atoms with van der Waals surface area (Å²) in [6.45, 7) is 1.14. The first-order valence-electron chi connectivity index (χ1n) is 6.11. The molecule has 0 atom stereocenters. The summed E-state index contributed by atoms with van der Waals surface area (Å²) in [7, 11) is 3.30. The van der Waals surface area contributed by atoms with E-state index in [1.165, 1.54) is 10.9 Å². The molecule has 0 aliphatic rings. The predicted molar refractivity (Wildman–Crippen MR) is 69.0 cm³/mol. The van der Waals surface area contributed by atoms with Gasteiger partial charge < -0.3 is 20.1 Å². The zero-order valence-electron chi connectivity index (χ0n) is 11.6. The summed E-state index contributed by atoms with van der Waals surface area (Å²) in [5, 5.41) is 18.7. The lowest BCUT2D eigenvalue weighted by atomic mass is 10.4. The number of hydrogen-bond donors (Lipinski definition) is 2. The maximum atomic E-state index is 11.7. The van der Waals surface area contributed by atoms with Gasteiger partial charge in [-0.15, -0.1) is 5.10 Å². The highest BCUT2D eigenvalue weighted by atomic mass is 16.5. The molecule has 0 aliphatic carbocycles.